The lowest BCUT2D eigenvalue weighted by Crippen LogP contribution is -2.44. The second-order valence-electron chi connectivity index (χ2n) is 6.09. The molecule has 0 radical (unpaired) electrons. The first-order valence-corrected chi connectivity index (χ1v) is 6.84. The van der Waals surface area contributed by atoms with Gasteiger partial charge in [0.1, 0.15) is 11.6 Å². The summed E-state index contributed by atoms with van der Waals surface area (Å²) in [6.07, 6.45) is 0.940. The van der Waals surface area contributed by atoms with Crippen molar-refractivity contribution in [1.29, 1.82) is 0 Å². The van der Waals surface area contributed by atoms with Gasteiger partial charge in [-0.1, -0.05) is 20.3 Å². The molecule has 0 saturated heterocycles. The Kier molecular flexibility index (Phi) is 7.05. The van der Waals surface area contributed by atoms with Crippen LogP contribution in [0.1, 0.15) is 54.4 Å². The Labute approximate surface area is 116 Å². The Balaban J connectivity index is 4.22. The van der Waals surface area contributed by atoms with Crippen LogP contribution in [0.5, 0.6) is 0 Å². The number of esters is 1. The molecule has 0 aromatic heterocycles. The van der Waals surface area contributed by atoms with Gasteiger partial charge in [-0.15, -0.1) is 0 Å². The van der Waals surface area contributed by atoms with Crippen LogP contribution in [0, 0.1) is 5.92 Å². The summed E-state index contributed by atoms with van der Waals surface area (Å²) in [7, 11) is 0. The van der Waals surface area contributed by atoms with Gasteiger partial charge in [0, 0.05) is 6.04 Å². The van der Waals surface area contributed by atoms with Gasteiger partial charge in [0.05, 0.1) is 6.42 Å². The number of carbonyl (C=O) groups is 2. The number of rotatable bonds is 6. The molecular weight excluding hydrogens is 244 g/mol. The molecule has 5 heteroatoms. The van der Waals surface area contributed by atoms with E-state index in [1.165, 1.54) is 0 Å². The Morgan fingerprint density at radius 2 is 1.79 bits per heavy atom. The van der Waals surface area contributed by atoms with E-state index >= 15 is 0 Å². The quantitative estimate of drug-likeness (QED) is 0.720. The average Bonchev–Trinajstić information content (AvgIpc) is 2.25. The molecule has 0 saturated carbocycles. The molecule has 19 heavy (non-hydrogen) atoms. The number of hydrogen-bond acceptors (Lipinski definition) is 4. The summed E-state index contributed by atoms with van der Waals surface area (Å²) in [5.41, 5.74) is 5.09. The molecule has 1 amide bonds. The molecule has 1 unspecified atom stereocenters. The molecule has 3 N–H and O–H groups in total. The summed E-state index contributed by atoms with van der Waals surface area (Å²) >= 11 is 0. The molecule has 0 aliphatic heterocycles. The van der Waals surface area contributed by atoms with Gasteiger partial charge in [-0.3, -0.25) is 9.59 Å². The van der Waals surface area contributed by atoms with Gasteiger partial charge in [-0.05, 0) is 33.6 Å². The summed E-state index contributed by atoms with van der Waals surface area (Å²) < 4.78 is 5.13. The van der Waals surface area contributed by atoms with E-state index in [2.05, 4.69) is 19.2 Å². The van der Waals surface area contributed by atoms with E-state index in [0.29, 0.717) is 5.92 Å². The molecule has 0 heterocycles. The zero-order valence-corrected chi connectivity index (χ0v) is 12.9. The minimum absolute atomic E-state index is 0.0459. The second kappa shape index (κ2) is 7.48. The van der Waals surface area contributed by atoms with Crippen LogP contribution < -0.4 is 11.1 Å². The van der Waals surface area contributed by atoms with Crippen molar-refractivity contribution in [3.63, 3.8) is 0 Å². The highest BCUT2D eigenvalue weighted by molar-refractivity contribution is 5.85. The Morgan fingerprint density at radius 1 is 1.26 bits per heavy atom. The van der Waals surface area contributed by atoms with E-state index in [1.54, 1.807) is 20.8 Å². The number of nitrogens with one attached hydrogen (secondary N) is 1. The monoisotopic (exact) mass is 272 g/mol. The molecule has 0 rings (SSSR count). The van der Waals surface area contributed by atoms with Gasteiger partial charge < -0.3 is 15.8 Å². The first kappa shape index (κ1) is 17.9. The van der Waals surface area contributed by atoms with Gasteiger partial charge in [-0.2, -0.15) is 0 Å². The summed E-state index contributed by atoms with van der Waals surface area (Å²) in [4.78, 5) is 23.4. The minimum Gasteiger partial charge on any atom is -0.459 e. The van der Waals surface area contributed by atoms with Crippen molar-refractivity contribution in [3.05, 3.63) is 0 Å². The first-order chi connectivity index (χ1) is 8.56. The van der Waals surface area contributed by atoms with Crippen molar-refractivity contribution in [2.75, 3.05) is 0 Å². The van der Waals surface area contributed by atoms with Gasteiger partial charge >= 0.3 is 5.97 Å². The predicted octanol–water partition coefficient (Wildman–Crippen LogP) is 1.60. The zero-order valence-electron chi connectivity index (χ0n) is 12.9. The Hall–Kier alpha value is -1.10. The number of nitrogens with two attached hydrogens (primary N) is 1. The topological polar surface area (TPSA) is 81.4 Å². The predicted molar refractivity (Wildman–Crippen MR) is 75.5 cm³/mol. The summed E-state index contributed by atoms with van der Waals surface area (Å²) in [5.74, 6) is -0.369. The molecule has 0 aromatic carbocycles. The molecule has 0 fully saturated rings. The first-order valence-electron chi connectivity index (χ1n) is 6.84. The van der Waals surface area contributed by atoms with Crippen molar-refractivity contribution in [2.45, 2.75) is 72.1 Å². The molecule has 0 aromatic rings. The molecule has 0 spiro atoms. The largest absolute Gasteiger partial charge is 0.459 e. The SMILES string of the molecule is CC[C@@H](C)C(C)NC(=O)C[C@H](N)C(=O)OC(C)(C)C. The lowest BCUT2D eigenvalue weighted by molar-refractivity contribution is -0.157. The van der Waals surface area contributed by atoms with Gasteiger partial charge in [0.25, 0.3) is 0 Å². The summed E-state index contributed by atoms with van der Waals surface area (Å²) in [6, 6.07) is -0.841. The number of ether oxygens (including phenoxy) is 1. The Bertz CT molecular complexity index is 310. The van der Waals surface area contributed by atoms with Crippen LogP contribution in [-0.2, 0) is 14.3 Å². The maximum Gasteiger partial charge on any atom is 0.323 e. The lowest BCUT2D eigenvalue weighted by atomic mass is 10.0. The van der Waals surface area contributed by atoms with Crippen molar-refractivity contribution in [1.82, 2.24) is 5.32 Å². The average molecular weight is 272 g/mol. The number of amides is 1. The van der Waals surface area contributed by atoms with Gasteiger partial charge in [0.15, 0.2) is 0 Å². The molecule has 0 aliphatic rings. The second-order valence-corrected chi connectivity index (χ2v) is 6.09. The molecule has 0 aliphatic carbocycles. The fourth-order valence-corrected chi connectivity index (χ4v) is 1.47. The molecule has 5 nitrogen and oxygen atoms in total. The Morgan fingerprint density at radius 3 is 2.21 bits per heavy atom. The standard InChI is InChI=1S/C14H28N2O3/c1-7-9(2)10(3)16-12(17)8-11(15)13(18)19-14(4,5)6/h9-11H,7-8,15H2,1-6H3,(H,16,17)/t9-,10?,11+/m1/s1. The maximum atomic E-state index is 11.8. The third-order valence-corrected chi connectivity index (χ3v) is 3.00. The van der Waals surface area contributed by atoms with Crippen LogP contribution in [0.4, 0.5) is 0 Å². The van der Waals surface area contributed by atoms with Crippen LogP contribution in [0.3, 0.4) is 0 Å². The molecule has 3 atom stereocenters. The normalized spacial score (nSPS) is 16.4. The molecular formula is C14H28N2O3. The van der Waals surface area contributed by atoms with Crippen molar-refractivity contribution in [3.8, 4) is 0 Å². The number of carbonyl (C=O) groups excluding carboxylic acids is 2. The molecule has 0 bridgehead atoms. The fraction of sp³-hybridized carbons (Fsp3) is 0.857. The third-order valence-electron chi connectivity index (χ3n) is 3.00. The lowest BCUT2D eigenvalue weighted by Gasteiger charge is -2.23. The van der Waals surface area contributed by atoms with Gasteiger partial charge in [-0.25, -0.2) is 0 Å². The van der Waals surface area contributed by atoms with E-state index in [9.17, 15) is 9.59 Å². The van der Waals surface area contributed by atoms with Crippen molar-refractivity contribution < 1.29 is 14.3 Å². The smallest absolute Gasteiger partial charge is 0.323 e. The van der Waals surface area contributed by atoms with E-state index < -0.39 is 17.6 Å². The summed E-state index contributed by atoms with van der Waals surface area (Å²) in [5, 5.41) is 2.85. The maximum absolute atomic E-state index is 11.8. The van der Waals surface area contributed by atoms with E-state index in [4.69, 9.17) is 10.5 Å². The summed E-state index contributed by atoms with van der Waals surface area (Å²) in [6.45, 7) is 11.4. The van der Waals surface area contributed by atoms with Crippen LogP contribution in [0.15, 0.2) is 0 Å². The fourth-order valence-electron chi connectivity index (χ4n) is 1.47. The zero-order chi connectivity index (χ0) is 15.2. The van der Waals surface area contributed by atoms with E-state index in [1.807, 2.05) is 6.92 Å². The van der Waals surface area contributed by atoms with Crippen LogP contribution in [-0.4, -0.2) is 29.6 Å². The van der Waals surface area contributed by atoms with E-state index in [-0.39, 0.29) is 18.4 Å². The van der Waals surface area contributed by atoms with Crippen LogP contribution in [0.25, 0.3) is 0 Å². The van der Waals surface area contributed by atoms with Crippen LogP contribution >= 0.6 is 0 Å². The highest BCUT2D eigenvalue weighted by Gasteiger charge is 2.25. The van der Waals surface area contributed by atoms with E-state index in [0.717, 1.165) is 6.42 Å². The highest BCUT2D eigenvalue weighted by Crippen LogP contribution is 2.10. The van der Waals surface area contributed by atoms with Gasteiger partial charge in [0.2, 0.25) is 5.91 Å². The highest BCUT2D eigenvalue weighted by atomic mass is 16.6. The van der Waals surface area contributed by atoms with Crippen molar-refractivity contribution >= 4 is 11.9 Å². The number of hydrogen-bond donors (Lipinski definition) is 2. The van der Waals surface area contributed by atoms with Crippen molar-refractivity contribution in [2.24, 2.45) is 11.7 Å². The third kappa shape index (κ3) is 7.82. The van der Waals surface area contributed by atoms with Crippen LogP contribution in [0.2, 0.25) is 0 Å². The minimum atomic E-state index is -0.914. The molecule has 112 valence electrons.